The molecule has 0 rings (SSSR count). The maximum absolute atomic E-state index is 8.78. The highest BCUT2D eigenvalue weighted by molar-refractivity contribution is 5.61. The first kappa shape index (κ1) is 12.0. The Balaban J connectivity index is 0. The quantitative estimate of drug-likeness (QED) is 0.540. The molecule has 10 heavy (non-hydrogen) atoms. The Hall–Kier alpha value is -0.770. The molecule has 0 aromatic carbocycles. The summed E-state index contributed by atoms with van der Waals surface area (Å²) in [5.41, 5.74) is 4.07. The second-order valence-corrected chi connectivity index (χ2v) is 2.65. The second kappa shape index (κ2) is 5.05. The SMILES string of the molecule is COC(C)(C)C.NC(=O)O. The molecule has 0 saturated heterocycles. The van der Waals surface area contributed by atoms with Crippen molar-refractivity contribution in [3.63, 3.8) is 0 Å². The highest BCUT2D eigenvalue weighted by Gasteiger charge is 2.03. The number of amides is 1. The molecule has 3 N–H and O–H groups in total. The third kappa shape index (κ3) is 56.4. The zero-order chi connectivity index (χ0) is 8.78. The van der Waals surface area contributed by atoms with Crippen LogP contribution in [-0.4, -0.2) is 23.9 Å². The zero-order valence-electron chi connectivity index (χ0n) is 6.84. The lowest BCUT2D eigenvalue weighted by Gasteiger charge is -2.14. The van der Waals surface area contributed by atoms with Gasteiger partial charge in [-0.15, -0.1) is 0 Å². The Morgan fingerprint density at radius 3 is 1.60 bits per heavy atom. The molecule has 0 aliphatic rings. The van der Waals surface area contributed by atoms with Gasteiger partial charge < -0.3 is 15.6 Å². The van der Waals surface area contributed by atoms with Gasteiger partial charge in [0.1, 0.15) is 0 Å². The molecule has 0 aromatic rings. The van der Waals surface area contributed by atoms with E-state index >= 15 is 0 Å². The summed E-state index contributed by atoms with van der Waals surface area (Å²) in [6.07, 6.45) is -1.33. The maximum atomic E-state index is 8.78. The van der Waals surface area contributed by atoms with Crippen LogP contribution in [-0.2, 0) is 4.74 Å². The number of hydrogen-bond acceptors (Lipinski definition) is 2. The van der Waals surface area contributed by atoms with Crippen molar-refractivity contribution in [2.24, 2.45) is 5.73 Å². The Labute approximate surface area is 61.0 Å². The number of carboxylic acid groups (broad SMARTS) is 1. The average molecular weight is 149 g/mol. The van der Waals surface area contributed by atoms with Crippen LogP contribution in [0.2, 0.25) is 0 Å². The Bertz CT molecular complexity index is 91.7. The van der Waals surface area contributed by atoms with E-state index in [4.69, 9.17) is 14.6 Å². The van der Waals surface area contributed by atoms with E-state index in [-0.39, 0.29) is 5.60 Å². The number of carbonyl (C=O) groups is 1. The third-order valence-electron chi connectivity index (χ3n) is 0.612. The van der Waals surface area contributed by atoms with Crippen LogP contribution < -0.4 is 5.73 Å². The fourth-order valence-corrected chi connectivity index (χ4v) is 0. The summed E-state index contributed by atoms with van der Waals surface area (Å²) in [7, 11) is 1.71. The van der Waals surface area contributed by atoms with Crippen LogP contribution >= 0.6 is 0 Å². The van der Waals surface area contributed by atoms with Crippen molar-refractivity contribution in [2.75, 3.05) is 7.11 Å². The fraction of sp³-hybridized carbons (Fsp3) is 0.833. The van der Waals surface area contributed by atoms with Gasteiger partial charge in [0.15, 0.2) is 0 Å². The number of rotatable bonds is 0. The Morgan fingerprint density at radius 2 is 1.60 bits per heavy atom. The van der Waals surface area contributed by atoms with Crippen LogP contribution in [0.25, 0.3) is 0 Å². The molecule has 62 valence electrons. The first-order valence-electron chi connectivity index (χ1n) is 2.83. The number of nitrogens with two attached hydrogens (primary N) is 1. The van der Waals surface area contributed by atoms with Crippen molar-refractivity contribution in [3.8, 4) is 0 Å². The minimum Gasteiger partial charge on any atom is -0.465 e. The van der Waals surface area contributed by atoms with Crippen molar-refractivity contribution >= 4 is 6.09 Å². The van der Waals surface area contributed by atoms with E-state index in [2.05, 4.69) is 5.73 Å². The summed E-state index contributed by atoms with van der Waals surface area (Å²) in [4.78, 5) is 8.78. The Morgan fingerprint density at radius 1 is 1.50 bits per heavy atom. The summed E-state index contributed by atoms with van der Waals surface area (Å²) in [5.74, 6) is 0. The maximum Gasteiger partial charge on any atom is 0.402 e. The zero-order valence-corrected chi connectivity index (χ0v) is 6.84. The van der Waals surface area contributed by atoms with Gasteiger partial charge in [0.2, 0.25) is 0 Å². The molecular weight excluding hydrogens is 134 g/mol. The summed E-state index contributed by atoms with van der Waals surface area (Å²) in [6, 6.07) is 0. The van der Waals surface area contributed by atoms with Gasteiger partial charge >= 0.3 is 6.09 Å². The van der Waals surface area contributed by atoms with Gasteiger partial charge in [-0.05, 0) is 20.8 Å². The van der Waals surface area contributed by atoms with Gasteiger partial charge in [-0.2, -0.15) is 0 Å². The van der Waals surface area contributed by atoms with Gasteiger partial charge in [0.25, 0.3) is 0 Å². The molecule has 0 fully saturated rings. The molecule has 0 radical (unpaired) electrons. The van der Waals surface area contributed by atoms with E-state index < -0.39 is 6.09 Å². The van der Waals surface area contributed by atoms with Crippen LogP contribution in [0, 0.1) is 0 Å². The molecule has 0 aliphatic carbocycles. The predicted molar refractivity (Wildman–Crippen MR) is 39.0 cm³/mol. The standard InChI is InChI=1S/C5H12O.CH3NO2/c1-5(2,3)6-4;2-1(3)4/h1-4H3;2H2,(H,3,4). The first-order chi connectivity index (χ1) is 4.29. The minimum absolute atomic E-state index is 0.0417. The van der Waals surface area contributed by atoms with Crippen molar-refractivity contribution < 1.29 is 14.6 Å². The summed E-state index contributed by atoms with van der Waals surface area (Å²) in [5, 5.41) is 7.19. The van der Waals surface area contributed by atoms with Crippen molar-refractivity contribution in [2.45, 2.75) is 26.4 Å². The normalized spacial score (nSPS) is 9.60. The van der Waals surface area contributed by atoms with Crippen LogP contribution in [0.15, 0.2) is 0 Å². The summed E-state index contributed by atoms with van der Waals surface area (Å²) in [6.45, 7) is 6.06. The minimum atomic E-state index is -1.33. The molecular formula is C6H15NO3. The number of methoxy groups -OCH3 is 1. The lowest BCUT2D eigenvalue weighted by atomic mass is 10.2. The summed E-state index contributed by atoms with van der Waals surface area (Å²) < 4.78 is 4.94. The number of ether oxygens (including phenoxy) is 1. The van der Waals surface area contributed by atoms with Gasteiger partial charge in [-0.1, -0.05) is 0 Å². The van der Waals surface area contributed by atoms with Gasteiger partial charge in [0, 0.05) is 7.11 Å². The average Bonchev–Trinajstić information content (AvgIpc) is 1.63. The third-order valence-corrected chi connectivity index (χ3v) is 0.612. The smallest absolute Gasteiger partial charge is 0.402 e. The molecule has 4 nitrogen and oxygen atoms in total. The number of primary amides is 1. The van der Waals surface area contributed by atoms with Crippen molar-refractivity contribution in [1.82, 2.24) is 0 Å². The highest BCUT2D eigenvalue weighted by atomic mass is 16.5. The molecule has 4 heteroatoms. The molecule has 0 saturated carbocycles. The molecule has 0 unspecified atom stereocenters. The topological polar surface area (TPSA) is 72.5 Å². The van der Waals surface area contributed by atoms with Crippen molar-refractivity contribution in [3.05, 3.63) is 0 Å². The molecule has 0 aromatic heterocycles. The fourth-order valence-electron chi connectivity index (χ4n) is 0. The molecule has 1 amide bonds. The van der Waals surface area contributed by atoms with Gasteiger partial charge in [-0.25, -0.2) is 4.79 Å². The van der Waals surface area contributed by atoms with Crippen molar-refractivity contribution in [1.29, 1.82) is 0 Å². The van der Waals surface area contributed by atoms with E-state index in [1.807, 2.05) is 20.8 Å². The summed E-state index contributed by atoms with van der Waals surface area (Å²) >= 11 is 0. The molecule has 0 heterocycles. The monoisotopic (exact) mass is 149 g/mol. The highest BCUT2D eigenvalue weighted by Crippen LogP contribution is 2.02. The molecule has 0 bridgehead atoms. The second-order valence-electron chi connectivity index (χ2n) is 2.65. The van der Waals surface area contributed by atoms with E-state index in [9.17, 15) is 0 Å². The first-order valence-corrected chi connectivity index (χ1v) is 2.83. The lowest BCUT2D eigenvalue weighted by molar-refractivity contribution is 0.0397. The largest absolute Gasteiger partial charge is 0.465 e. The van der Waals surface area contributed by atoms with Crippen LogP contribution in [0.1, 0.15) is 20.8 Å². The molecule has 0 atom stereocenters. The van der Waals surface area contributed by atoms with Crippen LogP contribution in [0.3, 0.4) is 0 Å². The lowest BCUT2D eigenvalue weighted by Crippen LogP contribution is -2.15. The Kier molecular flexibility index (Phi) is 6.04. The van der Waals surface area contributed by atoms with Gasteiger partial charge in [-0.3, -0.25) is 0 Å². The molecule has 0 aliphatic heterocycles. The van der Waals surface area contributed by atoms with E-state index in [0.29, 0.717) is 0 Å². The number of hydrogen-bond donors (Lipinski definition) is 2. The predicted octanol–water partition coefficient (Wildman–Crippen LogP) is 1.05. The molecule has 0 spiro atoms. The van der Waals surface area contributed by atoms with Gasteiger partial charge in [0.05, 0.1) is 5.60 Å². The van der Waals surface area contributed by atoms with E-state index in [1.165, 1.54) is 0 Å². The van der Waals surface area contributed by atoms with Crippen LogP contribution in [0.4, 0.5) is 4.79 Å². The van der Waals surface area contributed by atoms with E-state index in [1.54, 1.807) is 7.11 Å². The van der Waals surface area contributed by atoms with E-state index in [0.717, 1.165) is 0 Å². The van der Waals surface area contributed by atoms with Crippen LogP contribution in [0.5, 0.6) is 0 Å².